The molecule has 1 aromatic rings. The highest BCUT2D eigenvalue weighted by atomic mass is 19.1. The Labute approximate surface area is 101 Å². The molecule has 0 aliphatic heterocycles. The summed E-state index contributed by atoms with van der Waals surface area (Å²) in [6.07, 6.45) is 6.02. The fourth-order valence-electron chi connectivity index (χ4n) is 1.60. The molecule has 0 radical (unpaired) electrons. The van der Waals surface area contributed by atoms with Crippen LogP contribution in [0.15, 0.2) is 30.6 Å². The second kappa shape index (κ2) is 5.51. The smallest absolute Gasteiger partial charge is 0.118 e. The molecule has 0 bridgehead atoms. The lowest BCUT2D eigenvalue weighted by Gasteiger charge is -2.25. The van der Waals surface area contributed by atoms with Crippen molar-refractivity contribution in [1.82, 2.24) is 0 Å². The Hall–Kier alpha value is -1.79. The highest BCUT2D eigenvalue weighted by Gasteiger charge is 2.24. The molecular weight excluding hydrogens is 217 g/mol. The van der Waals surface area contributed by atoms with E-state index >= 15 is 0 Å². The van der Waals surface area contributed by atoms with Crippen molar-refractivity contribution in [3.05, 3.63) is 36.2 Å². The van der Waals surface area contributed by atoms with Crippen molar-refractivity contribution < 1.29 is 9.13 Å². The van der Waals surface area contributed by atoms with Crippen LogP contribution in [0.4, 0.5) is 4.39 Å². The van der Waals surface area contributed by atoms with Crippen molar-refractivity contribution in [1.29, 1.82) is 0 Å². The molecule has 0 heterocycles. The Morgan fingerprint density at radius 2 is 2.12 bits per heavy atom. The summed E-state index contributed by atoms with van der Waals surface area (Å²) in [6, 6.07) is 7.02. The van der Waals surface area contributed by atoms with Crippen molar-refractivity contribution in [2.24, 2.45) is 5.73 Å². The maximum atomic E-state index is 13.0. The number of hydrogen-bond donors (Lipinski definition) is 1. The number of rotatable bonds is 4. The molecule has 0 aromatic heterocycles. The molecule has 1 atom stereocenters. The minimum Gasteiger partial charge on any atom is -0.497 e. The van der Waals surface area contributed by atoms with E-state index in [2.05, 4.69) is 5.92 Å². The van der Waals surface area contributed by atoms with Gasteiger partial charge in [0.05, 0.1) is 19.0 Å². The van der Waals surface area contributed by atoms with Gasteiger partial charge in [-0.2, -0.15) is 0 Å². The lowest BCUT2D eigenvalue weighted by molar-refractivity contribution is 0.414. The Morgan fingerprint density at radius 1 is 1.53 bits per heavy atom. The highest BCUT2D eigenvalue weighted by molar-refractivity contribution is 5.72. The Bertz CT molecular complexity index is 440. The normalized spacial score (nSPS) is 14.9. The molecule has 1 unspecified atom stereocenters. The summed E-state index contributed by atoms with van der Waals surface area (Å²) in [4.78, 5) is 0. The van der Waals surface area contributed by atoms with Crippen molar-refractivity contribution in [2.45, 2.75) is 18.9 Å². The molecule has 0 fully saturated rings. The van der Waals surface area contributed by atoms with Gasteiger partial charge in [-0.05, 0) is 24.6 Å². The molecule has 0 aliphatic rings. The molecule has 0 amide bonds. The molecule has 2 N–H and O–H groups in total. The van der Waals surface area contributed by atoms with Crippen LogP contribution in [0.5, 0.6) is 5.75 Å². The number of halogens is 1. The average Bonchev–Trinajstić information content (AvgIpc) is 2.30. The Balaban J connectivity index is 3.07. The van der Waals surface area contributed by atoms with E-state index < -0.39 is 5.54 Å². The van der Waals surface area contributed by atoms with E-state index in [4.69, 9.17) is 16.9 Å². The molecule has 17 heavy (non-hydrogen) atoms. The molecule has 1 aromatic carbocycles. The topological polar surface area (TPSA) is 35.2 Å². The third-order valence-electron chi connectivity index (χ3n) is 2.59. The maximum Gasteiger partial charge on any atom is 0.118 e. The van der Waals surface area contributed by atoms with Gasteiger partial charge in [0, 0.05) is 12.0 Å². The van der Waals surface area contributed by atoms with Gasteiger partial charge in [0.2, 0.25) is 0 Å². The second-order valence-electron chi connectivity index (χ2n) is 4.05. The first kappa shape index (κ1) is 13.3. The quantitative estimate of drug-likeness (QED) is 0.811. The maximum absolute atomic E-state index is 13.0. The molecule has 0 spiro atoms. The van der Waals surface area contributed by atoms with Gasteiger partial charge < -0.3 is 10.5 Å². The lowest BCUT2D eigenvalue weighted by atomic mass is 9.86. The van der Waals surface area contributed by atoms with Crippen LogP contribution in [0.25, 0.3) is 5.57 Å². The van der Waals surface area contributed by atoms with E-state index in [9.17, 15) is 4.39 Å². The first-order valence-corrected chi connectivity index (χ1v) is 5.23. The van der Waals surface area contributed by atoms with Crippen LogP contribution in [-0.4, -0.2) is 12.6 Å². The number of ether oxygens (including phenoxy) is 1. The third kappa shape index (κ3) is 3.08. The fourth-order valence-corrected chi connectivity index (χ4v) is 1.60. The summed E-state index contributed by atoms with van der Waals surface area (Å²) in [6.45, 7) is 1.71. The minimum atomic E-state index is -0.877. The summed E-state index contributed by atoms with van der Waals surface area (Å²) in [5.74, 6) is 3.17. The van der Waals surface area contributed by atoms with E-state index in [0.29, 0.717) is 23.2 Å². The zero-order chi connectivity index (χ0) is 12.9. The number of nitrogens with two attached hydrogens (primary N) is 1. The zero-order valence-corrected chi connectivity index (χ0v) is 10.0. The van der Waals surface area contributed by atoms with E-state index in [1.807, 2.05) is 0 Å². The van der Waals surface area contributed by atoms with Crippen molar-refractivity contribution in [3.8, 4) is 18.1 Å². The summed E-state index contributed by atoms with van der Waals surface area (Å²) < 4.78 is 18.0. The lowest BCUT2D eigenvalue weighted by Crippen LogP contribution is -2.36. The van der Waals surface area contributed by atoms with Crippen LogP contribution in [0.3, 0.4) is 0 Å². The van der Waals surface area contributed by atoms with Crippen LogP contribution in [0, 0.1) is 12.3 Å². The van der Waals surface area contributed by atoms with Crippen LogP contribution in [-0.2, 0) is 0 Å². The summed E-state index contributed by atoms with van der Waals surface area (Å²) in [7, 11) is 1.58. The van der Waals surface area contributed by atoms with E-state index in [0.717, 1.165) is 0 Å². The fraction of sp³-hybridized carbons (Fsp3) is 0.286. The number of terminal acetylenes is 1. The summed E-state index contributed by atoms with van der Waals surface area (Å²) in [5.41, 5.74) is 6.22. The monoisotopic (exact) mass is 233 g/mol. The van der Waals surface area contributed by atoms with Gasteiger partial charge in [-0.3, -0.25) is 0 Å². The van der Waals surface area contributed by atoms with Crippen molar-refractivity contribution in [3.63, 3.8) is 0 Å². The van der Waals surface area contributed by atoms with Gasteiger partial charge >= 0.3 is 0 Å². The van der Waals surface area contributed by atoms with E-state index in [1.54, 1.807) is 38.3 Å². The van der Waals surface area contributed by atoms with Crippen molar-refractivity contribution in [2.75, 3.05) is 7.11 Å². The van der Waals surface area contributed by atoms with E-state index in [1.165, 1.54) is 0 Å². The SMILES string of the molecule is C#CCC(C)(N)/C(=C/F)c1ccc(OC)cc1. The van der Waals surface area contributed by atoms with Crippen LogP contribution in [0.1, 0.15) is 18.9 Å². The molecule has 2 nitrogen and oxygen atoms in total. The average molecular weight is 233 g/mol. The predicted octanol–water partition coefficient (Wildman–Crippen LogP) is 2.75. The molecule has 0 aliphatic carbocycles. The zero-order valence-electron chi connectivity index (χ0n) is 10.0. The standard InChI is InChI=1S/C14H16FNO/c1-4-9-14(2,16)13(10-15)11-5-7-12(17-3)8-6-11/h1,5-8,10H,9,16H2,2-3H3/b13-10+. The first-order chi connectivity index (χ1) is 8.05. The molecule has 90 valence electrons. The molecule has 0 saturated carbocycles. The van der Waals surface area contributed by atoms with Gasteiger partial charge in [0.25, 0.3) is 0 Å². The van der Waals surface area contributed by atoms with E-state index in [-0.39, 0.29) is 6.42 Å². The highest BCUT2D eigenvalue weighted by Crippen LogP contribution is 2.29. The van der Waals surface area contributed by atoms with Crippen molar-refractivity contribution >= 4 is 5.57 Å². The van der Waals surface area contributed by atoms with Gasteiger partial charge in [0.15, 0.2) is 0 Å². The minimum absolute atomic E-state index is 0.273. The molecule has 3 heteroatoms. The Morgan fingerprint density at radius 3 is 2.53 bits per heavy atom. The van der Waals surface area contributed by atoms with Gasteiger partial charge in [-0.25, -0.2) is 4.39 Å². The first-order valence-electron chi connectivity index (χ1n) is 5.23. The predicted molar refractivity (Wildman–Crippen MR) is 68.1 cm³/mol. The summed E-state index contributed by atoms with van der Waals surface area (Å²) in [5, 5.41) is 0. The van der Waals surface area contributed by atoms with Crippen LogP contribution >= 0.6 is 0 Å². The van der Waals surface area contributed by atoms with Gasteiger partial charge in [0.1, 0.15) is 5.75 Å². The van der Waals surface area contributed by atoms with Crippen LogP contribution in [0.2, 0.25) is 0 Å². The number of methoxy groups -OCH3 is 1. The number of benzene rings is 1. The molecule has 1 rings (SSSR count). The summed E-state index contributed by atoms with van der Waals surface area (Å²) >= 11 is 0. The largest absolute Gasteiger partial charge is 0.497 e. The second-order valence-corrected chi connectivity index (χ2v) is 4.05. The van der Waals surface area contributed by atoms with Gasteiger partial charge in [-0.1, -0.05) is 12.1 Å². The third-order valence-corrected chi connectivity index (χ3v) is 2.59. The number of hydrogen-bond acceptors (Lipinski definition) is 2. The Kier molecular flexibility index (Phi) is 4.30. The van der Waals surface area contributed by atoms with Gasteiger partial charge in [-0.15, -0.1) is 12.3 Å². The molecular formula is C14H16FNO. The van der Waals surface area contributed by atoms with Crippen LogP contribution < -0.4 is 10.5 Å². The molecule has 0 saturated heterocycles.